The lowest BCUT2D eigenvalue weighted by Gasteiger charge is -2.45. The van der Waals surface area contributed by atoms with E-state index >= 15 is 0 Å². The predicted molar refractivity (Wildman–Crippen MR) is 103 cm³/mol. The topological polar surface area (TPSA) is 85.4 Å². The Morgan fingerprint density at radius 2 is 1.82 bits per heavy atom. The smallest absolute Gasteiger partial charge is 0.333 e. The Bertz CT molecular complexity index is 699. The van der Waals surface area contributed by atoms with Crippen molar-refractivity contribution in [1.29, 1.82) is 0 Å². The maximum atomic E-state index is 12.6. The lowest BCUT2D eigenvalue weighted by Crippen LogP contribution is -2.54. The van der Waals surface area contributed by atoms with Crippen LogP contribution in [0.5, 0.6) is 0 Å². The van der Waals surface area contributed by atoms with Gasteiger partial charge in [0.1, 0.15) is 18.3 Å². The van der Waals surface area contributed by atoms with Gasteiger partial charge in [-0.25, -0.2) is 4.79 Å². The fraction of sp³-hybridized carbons (Fsp3) is 0.818. The minimum Gasteiger partial charge on any atom is -0.462 e. The van der Waals surface area contributed by atoms with E-state index in [9.17, 15) is 14.7 Å². The zero-order valence-electron chi connectivity index (χ0n) is 18.1. The Morgan fingerprint density at radius 1 is 1.18 bits per heavy atom. The molecular weight excluding hydrogens is 360 g/mol. The fourth-order valence-electron chi connectivity index (χ4n) is 5.58. The molecule has 0 aromatic carbocycles. The molecular formula is C22H34O6. The summed E-state index contributed by atoms with van der Waals surface area (Å²) in [7, 11) is 0. The van der Waals surface area contributed by atoms with E-state index in [1.54, 1.807) is 19.9 Å². The van der Waals surface area contributed by atoms with Crippen LogP contribution in [0, 0.1) is 17.3 Å². The summed E-state index contributed by atoms with van der Waals surface area (Å²) in [6.07, 6.45) is 2.22. The molecule has 3 rings (SSSR count). The lowest BCUT2D eigenvalue weighted by molar-refractivity contribution is -0.181. The molecule has 158 valence electrons. The van der Waals surface area contributed by atoms with E-state index in [2.05, 4.69) is 0 Å². The van der Waals surface area contributed by atoms with Crippen molar-refractivity contribution in [3.05, 3.63) is 11.6 Å². The van der Waals surface area contributed by atoms with Crippen LogP contribution in [-0.2, 0) is 23.8 Å². The minimum absolute atomic E-state index is 0.0193. The number of rotatable bonds is 4. The third-order valence-electron chi connectivity index (χ3n) is 7.46. The monoisotopic (exact) mass is 394 g/mol. The first-order valence-corrected chi connectivity index (χ1v) is 10.3. The number of fused-ring (bicyclic) bond motifs is 2. The number of allylic oxidation sites excluding steroid dienone is 1. The summed E-state index contributed by atoms with van der Waals surface area (Å²) in [4.78, 5) is 24.5. The summed E-state index contributed by atoms with van der Waals surface area (Å²) in [5.41, 5.74) is -1.54. The first kappa shape index (κ1) is 21.3. The predicted octanol–water partition coefficient (Wildman–Crippen LogP) is 3.16. The first-order valence-electron chi connectivity index (χ1n) is 10.3. The van der Waals surface area contributed by atoms with E-state index in [0.29, 0.717) is 24.8 Å². The van der Waals surface area contributed by atoms with Gasteiger partial charge < -0.3 is 19.3 Å². The Hall–Kier alpha value is -1.40. The summed E-state index contributed by atoms with van der Waals surface area (Å²) in [5, 5.41) is 11.6. The highest BCUT2D eigenvalue weighted by Gasteiger charge is 2.73. The molecule has 0 amide bonds. The summed E-state index contributed by atoms with van der Waals surface area (Å²) < 4.78 is 17.8. The van der Waals surface area contributed by atoms with Gasteiger partial charge >= 0.3 is 11.9 Å². The van der Waals surface area contributed by atoms with Gasteiger partial charge in [0.2, 0.25) is 0 Å². The molecule has 6 heteroatoms. The van der Waals surface area contributed by atoms with Gasteiger partial charge in [-0.1, -0.05) is 26.8 Å². The minimum atomic E-state index is -0.998. The van der Waals surface area contributed by atoms with Gasteiger partial charge in [0.25, 0.3) is 0 Å². The SMILES string of the molecule is C/C=C(/C)C(=O)O[C@@H]1[C@@H]2O[C@]2(C)C[C@H](OC(C)=O)[C@@H]2[C@]1(C)CC[C@@]2(O)C(C)C. The van der Waals surface area contributed by atoms with Gasteiger partial charge in [-0.3, -0.25) is 4.79 Å². The van der Waals surface area contributed by atoms with Crippen molar-refractivity contribution in [2.24, 2.45) is 17.3 Å². The number of hydrogen-bond acceptors (Lipinski definition) is 6. The van der Waals surface area contributed by atoms with E-state index in [4.69, 9.17) is 14.2 Å². The summed E-state index contributed by atoms with van der Waals surface area (Å²) in [6, 6.07) is 0. The molecule has 0 radical (unpaired) electrons. The molecule has 2 saturated carbocycles. The maximum absolute atomic E-state index is 12.6. The Morgan fingerprint density at radius 3 is 2.36 bits per heavy atom. The van der Waals surface area contributed by atoms with Crippen molar-refractivity contribution in [2.45, 2.75) is 97.2 Å². The summed E-state index contributed by atoms with van der Waals surface area (Å²) in [5.74, 6) is -1.09. The zero-order valence-corrected chi connectivity index (χ0v) is 18.1. The van der Waals surface area contributed by atoms with Crippen molar-refractivity contribution < 1.29 is 28.9 Å². The Kier molecular flexibility index (Phi) is 5.20. The molecule has 3 fully saturated rings. The number of carbonyl (C=O) groups is 2. The lowest BCUT2D eigenvalue weighted by atomic mass is 9.66. The zero-order chi connectivity index (χ0) is 21.1. The number of ether oxygens (including phenoxy) is 3. The molecule has 1 saturated heterocycles. The van der Waals surface area contributed by atoms with Crippen molar-refractivity contribution in [3.63, 3.8) is 0 Å². The third-order valence-corrected chi connectivity index (χ3v) is 7.46. The highest BCUT2D eigenvalue weighted by molar-refractivity contribution is 5.87. The van der Waals surface area contributed by atoms with Crippen molar-refractivity contribution in [3.8, 4) is 0 Å². The second-order valence-corrected chi connectivity index (χ2v) is 9.63. The third kappa shape index (κ3) is 3.18. The Labute approximate surface area is 167 Å². The molecule has 28 heavy (non-hydrogen) atoms. The Balaban J connectivity index is 2.06. The van der Waals surface area contributed by atoms with Gasteiger partial charge in [0.15, 0.2) is 0 Å². The van der Waals surface area contributed by atoms with Gasteiger partial charge in [-0.2, -0.15) is 0 Å². The summed E-state index contributed by atoms with van der Waals surface area (Å²) >= 11 is 0. The van der Waals surface area contributed by atoms with Gasteiger partial charge in [-0.05, 0) is 39.5 Å². The van der Waals surface area contributed by atoms with E-state index in [0.717, 1.165) is 0 Å². The van der Waals surface area contributed by atoms with E-state index < -0.39 is 28.8 Å². The average Bonchev–Trinajstić information content (AvgIpc) is 3.17. The second kappa shape index (κ2) is 6.84. The van der Waals surface area contributed by atoms with Crippen LogP contribution in [0.15, 0.2) is 11.6 Å². The van der Waals surface area contributed by atoms with Crippen LogP contribution in [0.3, 0.4) is 0 Å². The number of epoxide rings is 1. The molecule has 6 nitrogen and oxygen atoms in total. The quantitative estimate of drug-likeness (QED) is 0.448. The summed E-state index contributed by atoms with van der Waals surface area (Å²) in [6.45, 7) is 12.9. The second-order valence-electron chi connectivity index (χ2n) is 9.63. The molecule has 1 aliphatic heterocycles. The van der Waals surface area contributed by atoms with Crippen molar-refractivity contribution in [2.75, 3.05) is 0 Å². The average molecular weight is 395 g/mol. The van der Waals surface area contributed by atoms with Gasteiger partial charge in [0, 0.05) is 30.3 Å². The first-order chi connectivity index (χ1) is 12.9. The van der Waals surface area contributed by atoms with Gasteiger partial charge in [-0.15, -0.1) is 0 Å². The van der Waals surface area contributed by atoms with Crippen LogP contribution in [0.4, 0.5) is 0 Å². The van der Waals surface area contributed by atoms with E-state index in [1.165, 1.54) is 6.92 Å². The van der Waals surface area contributed by atoms with E-state index in [1.807, 2.05) is 27.7 Å². The van der Waals surface area contributed by atoms with Crippen LogP contribution >= 0.6 is 0 Å². The molecule has 3 aliphatic rings. The van der Waals surface area contributed by atoms with Crippen LogP contribution in [0.1, 0.15) is 67.7 Å². The molecule has 1 heterocycles. The standard InChI is InChI=1S/C22H34O6/c1-8-13(4)19(24)27-17-18-21(7,28-18)11-15(26-14(5)23)16-20(17,6)9-10-22(16,25)12(2)3/h8,12,15-18,25H,9-11H2,1-7H3/b13-8-/t15-,16+,17+,18-,20-,21+,22+/m0/s1. The number of esters is 2. The molecule has 7 atom stereocenters. The largest absolute Gasteiger partial charge is 0.462 e. The molecule has 2 aliphatic carbocycles. The highest BCUT2D eigenvalue weighted by atomic mass is 16.6. The molecule has 1 N–H and O–H groups in total. The molecule has 0 bridgehead atoms. The number of hydrogen-bond donors (Lipinski definition) is 1. The molecule has 0 aromatic heterocycles. The van der Waals surface area contributed by atoms with E-state index in [-0.39, 0.29) is 29.9 Å². The number of aliphatic hydroxyl groups is 1. The van der Waals surface area contributed by atoms with Crippen molar-refractivity contribution in [1.82, 2.24) is 0 Å². The fourth-order valence-corrected chi connectivity index (χ4v) is 5.58. The van der Waals surface area contributed by atoms with Crippen LogP contribution in [0.25, 0.3) is 0 Å². The molecule has 0 aromatic rings. The highest BCUT2D eigenvalue weighted by Crippen LogP contribution is 2.64. The van der Waals surface area contributed by atoms with Crippen molar-refractivity contribution >= 4 is 11.9 Å². The molecule has 0 unspecified atom stereocenters. The maximum Gasteiger partial charge on any atom is 0.333 e. The molecule has 0 spiro atoms. The van der Waals surface area contributed by atoms with Crippen LogP contribution in [0.2, 0.25) is 0 Å². The van der Waals surface area contributed by atoms with Crippen LogP contribution < -0.4 is 0 Å². The van der Waals surface area contributed by atoms with Gasteiger partial charge in [0.05, 0.1) is 11.2 Å². The number of carbonyl (C=O) groups excluding carboxylic acids is 2. The normalized spacial score (nSPS) is 45.1. The van der Waals surface area contributed by atoms with Crippen LogP contribution in [-0.4, -0.2) is 46.6 Å².